The van der Waals surface area contributed by atoms with Gasteiger partial charge in [-0.2, -0.15) is 0 Å². The molecule has 0 aliphatic heterocycles. The van der Waals surface area contributed by atoms with Crippen molar-refractivity contribution >= 4 is 34.9 Å². The first-order valence-corrected chi connectivity index (χ1v) is 12.1. The predicted octanol–water partition coefficient (Wildman–Crippen LogP) is 5.49. The van der Waals surface area contributed by atoms with Crippen molar-refractivity contribution in [2.24, 2.45) is 5.92 Å². The zero-order chi connectivity index (χ0) is 24.2. The molecule has 5 N–H and O–H groups in total. The summed E-state index contributed by atoms with van der Waals surface area (Å²) in [6, 6.07) is 11.0. The van der Waals surface area contributed by atoms with Crippen molar-refractivity contribution in [3.05, 3.63) is 57.6 Å². The van der Waals surface area contributed by atoms with Gasteiger partial charge in [0.05, 0.1) is 34.9 Å². The molecular formula is C25H34Cl2N2O4. The third kappa shape index (κ3) is 9.41. The highest BCUT2D eigenvalue weighted by molar-refractivity contribution is 6.38. The Labute approximate surface area is 206 Å². The van der Waals surface area contributed by atoms with Gasteiger partial charge in [-0.05, 0) is 67.6 Å². The van der Waals surface area contributed by atoms with Gasteiger partial charge in [0.15, 0.2) is 0 Å². The summed E-state index contributed by atoms with van der Waals surface area (Å²) >= 11 is 12.0. The summed E-state index contributed by atoms with van der Waals surface area (Å²) in [6.45, 7) is 1.16. The molecule has 0 radical (unpaired) electrons. The maximum Gasteiger partial charge on any atom is 0.306 e. The van der Waals surface area contributed by atoms with Gasteiger partial charge in [0.25, 0.3) is 0 Å². The molecule has 0 bridgehead atoms. The number of nitrogens with one attached hydrogen (secondary N) is 1. The lowest BCUT2D eigenvalue weighted by Crippen LogP contribution is -2.22. The molecule has 33 heavy (non-hydrogen) atoms. The van der Waals surface area contributed by atoms with Crippen molar-refractivity contribution in [1.29, 1.82) is 0 Å². The van der Waals surface area contributed by atoms with Crippen LogP contribution in [-0.4, -0.2) is 36.4 Å². The van der Waals surface area contributed by atoms with E-state index < -0.39 is 12.1 Å². The molecule has 8 heteroatoms. The number of methoxy groups -OCH3 is 1. The number of halogens is 2. The van der Waals surface area contributed by atoms with E-state index in [9.17, 15) is 15.0 Å². The first kappa shape index (κ1) is 27.3. The minimum atomic E-state index is -0.720. The van der Waals surface area contributed by atoms with E-state index in [4.69, 9.17) is 33.7 Å². The molecule has 0 spiro atoms. The van der Waals surface area contributed by atoms with Gasteiger partial charge >= 0.3 is 5.97 Å². The average molecular weight is 497 g/mol. The Morgan fingerprint density at radius 3 is 2.30 bits per heavy atom. The van der Waals surface area contributed by atoms with Gasteiger partial charge in [-0.3, -0.25) is 4.79 Å². The van der Waals surface area contributed by atoms with Crippen LogP contribution in [0.4, 0.5) is 5.69 Å². The lowest BCUT2D eigenvalue weighted by atomic mass is 9.94. The van der Waals surface area contributed by atoms with Crippen LogP contribution in [0.3, 0.4) is 0 Å². The second-order valence-electron chi connectivity index (χ2n) is 8.24. The fraction of sp³-hybridized carbons (Fsp3) is 0.480. The standard InChI is InChI=1S/C25H34Cl2N2O4/c1-33-20-11-8-17(9-12-20)7-10-18(25(31)32)6-4-2-3-5-13-29-16-23(30)19-14-21(26)24(28)22(27)15-19/h8-9,11-12,14-15,18,23,29-30H,2-7,10,13,16,28H2,1H3,(H,31,32). The summed E-state index contributed by atoms with van der Waals surface area (Å²) in [5.41, 5.74) is 7.78. The second kappa shape index (κ2) is 14.3. The van der Waals surface area contributed by atoms with Gasteiger partial charge in [-0.15, -0.1) is 0 Å². The summed E-state index contributed by atoms with van der Waals surface area (Å²) < 4.78 is 5.15. The summed E-state index contributed by atoms with van der Waals surface area (Å²) in [5.74, 6) is -0.238. The third-order valence-electron chi connectivity index (χ3n) is 5.77. The number of benzene rings is 2. The number of unbranched alkanes of at least 4 members (excludes halogenated alkanes) is 3. The van der Waals surface area contributed by atoms with Crippen LogP contribution >= 0.6 is 23.2 Å². The highest BCUT2D eigenvalue weighted by atomic mass is 35.5. The molecule has 2 rings (SSSR count). The number of hydrogen-bond acceptors (Lipinski definition) is 5. The van der Waals surface area contributed by atoms with E-state index in [-0.39, 0.29) is 5.92 Å². The van der Waals surface area contributed by atoms with Crippen molar-refractivity contribution in [2.45, 2.75) is 51.0 Å². The number of ether oxygens (including phenoxy) is 1. The zero-order valence-corrected chi connectivity index (χ0v) is 20.5. The first-order chi connectivity index (χ1) is 15.8. The van der Waals surface area contributed by atoms with Crippen molar-refractivity contribution in [2.75, 3.05) is 25.9 Å². The molecule has 2 aromatic carbocycles. The lowest BCUT2D eigenvalue weighted by Gasteiger charge is -2.14. The van der Waals surface area contributed by atoms with Crippen LogP contribution in [0, 0.1) is 5.92 Å². The minimum absolute atomic E-state index is 0.313. The summed E-state index contributed by atoms with van der Waals surface area (Å²) in [6.07, 6.45) is 5.20. The first-order valence-electron chi connectivity index (χ1n) is 11.3. The zero-order valence-electron chi connectivity index (χ0n) is 19.0. The van der Waals surface area contributed by atoms with Crippen molar-refractivity contribution in [3.8, 4) is 5.75 Å². The molecule has 6 nitrogen and oxygen atoms in total. The highest BCUT2D eigenvalue weighted by Crippen LogP contribution is 2.31. The molecule has 0 saturated heterocycles. The quantitative estimate of drug-likeness (QED) is 0.192. The summed E-state index contributed by atoms with van der Waals surface area (Å²) in [7, 11) is 1.63. The topological polar surface area (TPSA) is 105 Å². The van der Waals surface area contributed by atoms with E-state index >= 15 is 0 Å². The van der Waals surface area contributed by atoms with Gasteiger partial charge in [-0.25, -0.2) is 0 Å². The number of anilines is 1. The average Bonchev–Trinajstić information content (AvgIpc) is 2.80. The number of hydrogen-bond donors (Lipinski definition) is 4. The SMILES string of the molecule is COc1ccc(CCC(CCCCCCNCC(O)c2cc(Cl)c(N)c(Cl)c2)C(=O)O)cc1. The number of rotatable bonds is 15. The van der Waals surface area contributed by atoms with Gasteiger partial charge in [-0.1, -0.05) is 54.6 Å². The Balaban J connectivity index is 1.59. The van der Waals surface area contributed by atoms with Crippen molar-refractivity contribution < 1.29 is 19.7 Å². The van der Waals surface area contributed by atoms with Gasteiger partial charge < -0.3 is 26.0 Å². The largest absolute Gasteiger partial charge is 0.497 e. The second-order valence-corrected chi connectivity index (χ2v) is 9.06. The van der Waals surface area contributed by atoms with Crippen molar-refractivity contribution in [1.82, 2.24) is 5.32 Å². The fourth-order valence-electron chi connectivity index (χ4n) is 3.67. The van der Waals surface area contributed by atoms with Crippen LogP contribution in [0.15, 0.2) is 36.4 Å². The molecule has 0 saturated carbocycles. The smallest absolute Gasteiger partial charge is 0.306 e. The molecule has 0 heterocycles. The van der Waals surface area contributed by atoms with E-state index in [1.165, 1.54) is 0 Å². The summed E-state index contributed by atoms with van der Waals surface area (Å²) in [4.78, 5) is 11.6. The monoisotopic (exact) mass is 496 g/mol. The number of carbonyl (C=O) groups is 1. The van der Waals surface area contributed by atoms with Gasteiger partial charge in [0.1, 0.15) is 5.75 Å². The molecule has 2 unspecified atom stereocenters. The Morgan fingerprint density at radius 2 is 1.70 bits per heavy atom. The molecular weight excluding hydrogens is 463 g/mol. The molecule has 2 aromatic rings. The van der Waals surface area contributed by atoms with Crippen LogP contribution in [0.25, 0.3) is 0 Å². The number of carboxylic acids is 1. The molecule has 0 aromatic heterocycles. The summed E-state index contributed by atoms with van der Waals surface area (Å²) in [5, 5.41) is 23.7. The number of nitrogen functional groups attached to an aromatic ring is 1. The number of nitrogens with two attached hydrogens (primary N) is 1. The molecule has 0 aliphatic rings. The van der Waals surface area contributed by atoms with E-state index in [0.717, 1.165) is 50.0 Å². The van der Waals surface area contributed by atoms with Crippen LogP contribution in [-0.2, 0) is 11.2 Å². The predicted molar refractivity (Wildman–Crippen MR) is 134 cm³/mol. The molecule has 0 amide bonds. The van der Waals surface area contributed by atoms with Crippen LogP contribution in [0.2, 0.25) is 10.0 Å². The third-order valence-corrected chi connectivity index (χ3v) is 6.40. The normalized spacial score (nSPS) is 13.0. The van der Waals surface area contributed by atoms with Gasteiger partial charge in [0.2, 0.25) is 0 Å². The van der Waals surface area contributed by atoms with Crippen LogP contribution in [0.1, 0.15) is 55.8 Å². The Bertz CT molecular complexity index is 854. The maximum atomic E-state index is 11.6. The van der Waals surface area contributed by atoms with E-state index in [1.54, 1.807) is 19.2 Å². The number of carboxylic acid groups (broad SMARTS) is 1. The van der Waals surface area contributed by atoms with Crippen LogP contribution < -0.4 is 15.8 Å². The number of aliphatic hydroxyl groups excluding tert-OH is 1. The van der Waals surface area contributed by atoms with Crippen LogP contribution in [0.5, 0.6) is 5.75 Å². The maximum absolute atomic E-state index is 11.6. The lowest BCUT2D eigenvalue weighted by molar-refractivity contribution is -0.142. The Morgan fingerprint density at radius 1 is 1.06 bits per heavy atom. The molecule has 2 atom stereocenters. The number of aryl methyl sites for hydroxylation is 1. The molecule has 182 valence electrons. The van der Waals surface area contributed by atoms with E-state index in [2.05, 4.69) is 5.32 Å². The van der Waals surface area contributed by atoms with Gasteiger partial charge in [0, 0.05) is 6.54 Å². The number of aliphatic hydroxyl groups is 1. The Hall–Kier alpha value is -1.99. The molecule has 0 aliphatic carbocycles. The van der Waals surface area contributed by atoms with E-state index in [0.29, 0.717) is 40.7 Å². The highest BCUT2D eigenvalue weighted by Gasteiger charge is 2.17. The van der Waals surface area contributed by atoms with Crippen molar-refractivity contribution in [3.63, 3.8) is 0 Å². The fourth-order valence-corrected chi connectivity index (χ4v) is 4.18. The Kier molecular flexibility index (Phi) is 11.8. The number of aliphatic carboxylic acids is 1. The molecule has 0 fully saturated rings. The minimum Gasteiger partial charge on any atom is -0.497 e. The van der Waals surface area contributed by atoms with E-state index in [1.807, 2.05) is 24.3 Å².